The van der Waals surface area contributed by atoms with Crippen LogP contribution in [0.25, 0.3) is 0 Å². The number of rotatable bonds is 9. The Kier molecular flexibility index (Phi) is 7.09. The van der Waals surface area contributed by atoms with Crippen LogP contribution < -0.4 is 10.6 Å². The summed E-state index contributed by atoms with van der Waals surface area (Å²) >= 11 is 0. The van der Waals surface area contributed by atoms with E-state index in [4.69, 9.17) is 0 Å². The maximum atomic E-state index is 11.5. The SMILES string of the molecule is CCCCCCCC[P+](O)(c1ccccc1)c1ccccc1. The third kappa shape index (κ3) is 4.66. The summed E-state index contributed by atoms with van der Waals surface area (Å²) in [7, 11) is -2.23. The number of benzene rings is 2. The lowest BCUT2D eigenvalue weighted by molar-refractivity contribution is 0.598. The third-order valence-electron chi connectivity index (χ3n) is 4.20. The van der Waals surface area contributed by atoms with E-state index in [1.165, 1.54) is 32.1 Å². The second-order valence-corrected chi connectivity index (χ2v) is 8.95. The molecule has 2 aromatic rings. The standard InChI is InChI=1S/C20H28OP/c1-2-3-4-5-6-13-18-22(21,19-14-9-7-10-15-19)20-16-11-8-12-17-20/h7-12,14-17,21H,2-6,13,18H2,1H3/q+1. The van der Waals surface area contributed by atoms with Gasteiger partial charge in [0.15, 0.2) is 0 Å². The molecule has 0 bridgehead atoms. The van der Waals surface area contributed by atoms with E-state index >= 15 is 0 Å². The van der Waals surface area contributed by atoms with Crippen LogP contribution in [0.5, 0.6) is 0 Å². The first-order valence-corrected chi connectivity index (χ1v) is 10.4. The maximum Gasteiger partial charge on any atom is 0.206 e. The van der Waals surface area contributed by atoms with Gasteiger partial charge in [0.2, 0.25) is 7.49 Å². The molecule has 0 saturated heterocycles. The fraction of sp³-hybridized carbons (Fsp3) is 0.400. The zero-order valence-electron chi connectivity index (χ0n) is 13.6. The molecule has 0 amide bonds. The summed E-state index contributed by atoms with van der Waals surface area (Å²) in [5.74, 6) is 0. The van der Waals surface area contributed by atoms with Crippen LogP contribution in [0.15, 0.2) is 60.7 Å². The summed E-state index contributed by atoms with van der Waals surface area (Å²) in [6.07, 6.45) is 8.45. The Morgan fingerprint density at radius 3 is 1.64 bits per heavy atom. The van der Waals surface area contributed by atoms with Crippen LogP contribution in [0.3, 0.4) is 0 Å². The average Bonchev–Trinajstić information content (AvgIpc) is 2.59. The Hall–Kier alpha value is -1.17. The van der Waals surface area contributed by atoms with Gasteiger partial charge < -0.3 is 0 Å². The molecule has 0 fully saturated rings. The molecule has 0 unspecified atom stereocenters. The molecule has 1 nitrogen and oxygen atoms in total. The summed E-state index contributed by atoms with van der Waals surface area (Å²) in [4.78, 5) is 11.5. The van der Waals surface area contributed by atoms with E-state index in [9.17, 15) is 4.89 Å². The van der Waals surface area contributed by atoms with Gasteiger partial charge in [-0.2, -0.15) is 0 Å². The highest BCUT2D eigenvalue weighted by Crippen LogP contribution is 2.52. The number of hydrogen-bond donors (Lipinski definition) is 1. The minimum Gasteiger partial charge on any atom is -0.241 e. The van der Waals surface area contributed by atoms with E-state index in [1.807, 2.05) is 36.4 Å². The molecule has 1 N–H and O–H groups in total. The predicted octanol–water partition coefficient (Wildman–Crippen LogP) is 4.92. The van der Waals surface area contributed by atoms with Crippen LogP contribution in [0, 0.1) is 0 Å². The molecule has 0 heterocycles. The van der Waals surface area contributed by atoms with E-state index in [-0.39, 0.29) is 0 Å². The molecule has 2 heteroatoms. The Balaban J connectivity index is 2.07. The van der Waals surface area contributed by atoms with E-state index in [0.29, 0.717) is 0 Å². The summed E-state index contributed by atoms with van der Waals surface area (Å²) in [5, 5.41) is 2.21. The van der Waals surface area contributed by atoms with Crippen molar-refractivity contribution in [3.63, 3.8) is 0 Å². The minimum absolute atomic E-state index is 0.896. The van der Waals surface area contributed by atoms with Gasteiger partial charge in [-0.1, -0.05) is 69.0 Å². The largest absolute Gasteiger partial charge is 0.241 e. The fourth-order valence-corrected chi connectivity index (χ4v) is 5.70. The van der Waals surface area contributed by atoms with Crippen molar-refractivity contribution in [2.45, 2.75) is 45.4 Å². The molecule has 0 radical (unpaired) electrons. The molecule has 2 aromatic carbocycles. The van der Waals surface area contributed by atoms with Crippen molar-refractivity contribution in [3.05, 3.63) is 60.7 Å². The molecule has 0 aliphatic rings. The number of unbranched alkanes of at least 4 members (excludes halogenated alkanes) is 5. The topological polar surface area (TPSA) is 20.2 Å². The van der Waals surface area contributed by atoms with Crippen molar-refractivity contribution >= 4 is 18.1 Å². The molecule has 0 spiro atoms. The van der Waals surface area contributed by atoms with Crippen LogP contribution in [0.4, 0.5) is 0 Å². The first-order valence-electron chi connectivity index (χ1n) is 8.49. The van der Waals surface area contributed by atoms with E-state index in [2.05, 4.69) is 31.2 Å². The minimum atomic E-state index is -2.23. The van der Waals surface area contributed by atoms with Crippen molar-refractivity contribution in [2.75, 3.05) is 6.16 Å². The van der Waals surface area contributed by atoms with E-state index in [1.54, 1.807) is 0 Å². The highest BCUT2D eigenvalue weighted by atomic mass is 31.2. The molecular weight excluding hydrogens is 287 g/mol. The van der Waals surface area contributed by atoms with Crippen LogP contribution in [0.2, 0.25) is 0 Å². The van der Waals surface area contributed by atoms with Gasteiger partial charge in [-0.15, -0.1) is 0 Å². The summed E-state index contributed by atoms with van der Waals surface area (Å²) < 4.78 is 0. The van der Waals surface area contributed by atoms with Gasteiger partial charge in [0.05, 0.1) is 6.16 Å². The number of hydrogen-bond acceptors (Lipinski definition) is 1. The lowest BCUT2D eigenvalue weighted by Crippen LogP contribution is -2.24. The first kappa shape index (κ1) is 17.2. The molecule has 0 atom stereocenters. The fourth-order valence-electron chi connectivity index (χ4n) is 2.88. The van der Waals surface area contributed by atoms with Gasteiger partial charge in [-0.25, -0.2) is 4.89 Å². The Labute approximate surface area is 135 Å². The van der Waals surface area contributed by atoms with Crippen molar-refractivity contribution < 1.29 is 4.89 Å². The molecular formula is C20H28OP+. The first-order chi connectivity index (χ1) is 10.8. The summed E-state index contributed by atoms with van der Waals surface area (Å²) in [5.41, 5.74) is 0. The molecule has 0 aliphatic heterocycles. The summed E-state index contributed by atoms with van der Waals surface area (Å²) in [6, 6.07) is 20.5. The molecule has 0 aromatic heterocycles. The van der Waals surface area contributed by atoms with Gasteiger partial charge in [0.1, 0.15) is 10.6 Å². The van der Waals surface area contributed by atoms with Crippen molar-refractivity contribution in [1.29, 1.82) is 0 Å². The molecule has 0 aliphatic carbocycles. The second-order valence-electron chi connectivity index (χ2n) is 5.93. The highest BCUT2D eigenvalue weighted by molar-refractivity contribution is 7.84. The van der Waals surface area contributed by atoms with Gasteiger partial charge in [-0.3, -0.25) is 0 Å². The Morgan fingerprint density at radius 2 is 1.14 bits per heavy atom. The van der Waals surface area contributed by atoms with Gasteiger partial charge >= 0.3 is 0 Å². The van der Waals surface area contributed by atoms with Gasteiger partial charge in [-0.05, 0) is 37.1 Å². The van der Waals surface area contributed by atoms with Crippen molar-refractivity contribution in [3.8, 4) is 0 Å². The highest BCUT2D eigenvalue weighted by Gasteiger charge is 2.40. The third-order valence-corrected chi connectivity index (χ3v) is 7.47. The predicted molar refractivity (Wildman–Crippen MR) is 99.5 cm³/mol. The van der Waals surface area contributed by atoms with Crippen molar-refractivity contribution in [1.82, 2.24) is 0 Å². The van der Waals surface area contributed by atoms with Crippen LogP contribution >= 0.6 is 7.49 Å². The molecule has 0 saturated carbocycles. The van der Waals surface area contributed by atoms with Gasteiger partial charge in [0, 0.05) is 0 Å². The normalized spacial score (nSPS) is 11.5. The maximum absolute atomic E-state index is 11.5. The van der Waals surface area contributed by atoms with E-state index in [0.717, 1.165) is 23.2 Å². The summed E-state index contributed by atoms with van der Waals surface area (Å²) in [6.45, 7) is 2.25. The molecule has 2 rings (SSSR count). The molecule has 22 heavy (non-hydrogen) atoms. The zero-order valence-corrected chi connectivity index (χ0v) is 14.5. The lowest BCUT2D eigenvalue weighted by Gasteiger charge is -2.20. The average molecular weight is 315 g/mol. The monoisotopic (exact) mass is 315 g/mol. The quantitative estimate of drug-likeness (QED) is 0.514. The van der Waals surface area contributed by atoms with Crippen LogP contribution in [-0.4, -0.2) is 11.1 Å². The lowest BCUT2D eigenvalue weighted by atomic mass is 10.1. The smallest absolute Gasteiger partial charge is 0.206 e. The zero-order chi connectivity index (χ0) is 15.7. The Bertz CT molecular complexity index is 484. The van der Waals surface area contributed by atoms with Crippen molar-refractivity contribution in [2.24, 2.45) is 0 Å². The Morgan fingerprint density at radius 1 is 0.682 bits per heavy atom. The van der Waals surface area contributed by atoms with Crippen LogP contribution in [-0.2, 0) is 0 Å². The second kappa shape index (κ2) is 9.08. The van der Waals surface area contributed by atoms with E-state index < -0.39 is 7.49 Å². The van der Waals surface area contributed by atoms with Gasteiger partial charge in [0.25, 0.3) is 0 Å². The van der Waals surface area contributed by atoms with Crippen LogP contribution in [0.1, 0.15) is 45.4 Å². The molecule has 118 valence electrons.